The van der Waals surface area contributed by atoms with Gasteiger partial charge in [0, 0.05) is 11.1 Å². The zero-order valence-electron chi connectivity index (χ0n) is 13.0. The molecule has 112 valence electrons. The summed E-state index contributed by atoms with van der Waals surface area (Å²) in [5.41, 5.74) is 1.28. The number of benzene rings is 1. The molecule has 20 heavy (non-hydrogen) atoms. The van der Waals surface area contributed by atoms with Crippen molar-refractivity contribution in [2.24, 2.45) is 17.8 Å². The highest BCUT2D eigenvalue weighted by atomic mass is 35.5. The monoisotopic (exact) mass is 293 g/mol. The van der Waals surface area contributed by atoms with Gasteiger partial charge in [-0.2, -0.15) is 0 Å². The maximum atomic E-state index is 6.30. The Morgan fingerprint density at radius 1 is 1.10 bits per heavy atom. The van der Waals surface area contributed by atoms with E-state index in [4.69, 9.17) is 11.6 Å². The quantitative estimate of drug-likeness (QED) is 0.811. The van der Waals surface area contributed by atoms with Crippen LogP contribution in [0, 0.1) is 17.8 Å². The summed E-state index contributed by atoms with van der Waals surface area (Å²) in [6, 6.07) is 8.81. The summed E-state index contributed by atoms with van der Waals surface area (Å²) < 4.78 is 0. The molecule has 0 bridgehead atoms. The van der Waals surface area contributed by atoms with Crippen molar-refractivity contribution in [3.05, 3.63) is 34.9 Å². The van der Waals surface area contributed by atoms with Crippen LogP contribution in [0.25, 0.3) is 0 Å². The van der Waals surface area contributed by atoms with Crippen LogP contribution in [0.5, 0.6) is 0 Å². The normalized spacial score (nSPS) is 24.9. The SMILES string of the molecule is CNC(Cc1ccccc1Cl)C1CCC(C(C)C)CC1. The molecule has 0 saturated heterocycles. The van der Waals surface area contributed by atoms with Gasteiger partial charge in [-0.3, -0.25) is 0 Å². The molecular formula is C18H28ClN. The van der Waals surface area contributed by atoms with Gasteiger partial charge in [0.2, 0.25) is 0 Å². The molecule has 0 heterocycles. The summed E-state index contributed by atoms with van der Waals surface area (Å²) >= 11 is 6.30. The lowest BCUT2D eigenvalue weighted by Gasteiger charge is -2.35. The summed E-state index contributed by atoms with van der Waals surface area (Å²) in [6.45, 7) is 4.73. The third-order valence-electron chi connectivity index (χ3n) is 5.10. The van der Waals surface area contributed by atoms with Crippen LogP contribution < -0.4 is 5.32 Å². The van der Waals surface area contributed by atoms with Gasteiger partial charge in [-0.05, 0) is 68.5 Å². The Bertz CT molecular complexity index is 408. The molecule has 1 N–H and O–H groups in total. The molecule has 0 amide bonds. The smallest absolute Gasteiger partial charge is 0.0438 e. The molecule has 0 aromatic heterocycles. The number of halogens is 1. The van der Waals surface area contributed by atoms with E-state index in [1.807, 2.05) is 12.1 Å². The molecule has 1 saturated carbocycles. The number of hydrogen-bond donors (Lipinski definition) is 1. The van der Waals surface area contributed by atoms with Crippen LogP contribution >= 0.6 is 11.6 Å². The van der Waals surface area contributed by atoms with Crippen molar-refractivity contribution in [3.8, 4) is 0 Å². The molecule has 0 radical (unpaired) electrons. The Balaban J connectivity index is 1.95. The molecule has 2 heteroatoms. The standard InChI is InChI=1S/C18H28ClN/c1-13(2)14-8-10-15(11-9-14)18(20-3)12-16-6-4-5-7-17(16)19/h4-7,13-15,18,20H,8-12H2,1-3H3. The van der Waals surface area contributed by atoms with E-state index in [0.29, 0.717) is 6.04 Å². The number of likely N-dealkylation sites (N-methyl/N-ethyl adjacent to an activating group) is 1. The molecule has 1 fully saturated rings. The van der Waals surface area contributed by atoms with Gasteiger partial charge in [-0.1, -0.05) is 43.6 Å². The Morgan fingerprint density at radius 2 is 1.70 bits per heavy atom. The largest absolute Gasteiger partial charge is 0.316 e. The van der Waals surface area contributed by atoms with Crippen molar-refractivity contribution < 1.29 is 0 Å². The lowest BCUT2D eigenvalue weighted by Crippen LogP contribution is -2.38. The number of hydrogen-bond acceptors (Lipinski definition) is 1. The molecule has 1 atom stereocenters. The van der Waals surface area contributed by atoms with Crippen molar-refractivity contribution in [3.63, 3.8) is 0 Å². The van der Waals surface area contributed by atoms with E-state index in [9.17, 15) is 0 Å². The highest BCUT2D eigenvalue weighted by Gasteiger charge is 2.28. The van der Waals surface area contributed by atoms with Gasteiger partial charge in [0.25, 0.3) is 0 Å². The average Bonchev–Trinajstić information content (AvgIpc) is 2.46. The molecular weight excluding hydrogens is 266 g/mol. The summed E-state index contributed by atoms with van der Waals surface area (Å²) in [6.07, 6.45) is 6.55. The van der Waals surface area contributed by atoms with Crippen molar-refractivity contribution in [2.45, 2.75) is 52.0 Å². The van der Waals surface area contributed by atoms with Crippen molar-refractivity contribution in [2.75, 3.05) is 7.05 Å². The molecule has 1 aromatic carbocycles. The lowest BCUT2D eigenvalue weighted by atomic mass is 9.73. The fraction of sp³-hybridized carbons (Fsp3) is 0.667. The maximum absolute atomic E-state index is 6.30. The predicted octanol–water partition coefficient (Wildman–Crippen LogP) is 4.93. The zero-order valence-corrected chi connectivity index (χ0v) is 13.8. The van der Waals surface area contributed by atoms with Gasteiger partial charge < -0.3 is 5.32 Å². The Labute approximate surface area is 129 Å². The Hall–Kier alpha value is -0.530. The van der Waals surface area contributed by atoms with Gasteiger partial charge in [0.1, 0.15) is 0 Å². The zero-order chi connectivity index (χ0) is 14.5. The van der Waals surface area contributed by atoms with Crippen LogP contribution in [-0.4, -0.2) is 13.1 Å². The van der Waals surface area contributed by atoms with Crippen LogP contribution in [-0.2, 0) is 6.42 Å². The second kappa shape index (κ2) is 7.47. The first-order valence-corrected chi connectivity index (χ1v) is 8.40. The summed E-state index contributed by atoms with van der Waals surface area (Å²) in [5.74, 6) is 2.57. The fourth-order valence-corrected chi connectivity index (χ4v) is 3.83. The van der Waals surface area contributed by atoms with Crippen molar-refractivity contribution >= 4 is 11.6 Å². The molecule has 1 aliphatic rings. The minimum atomic E-state index is 0.558. The minimum Gasteiger partial charge on any atom is -0.316 e. The van der Waals surface area contributed by atoms with Crippen molar-refractivity contribution in [1.29, 1.82) is 0 Å². The van der Waals surface area contributed by atoms with Gasteiger partial charge in [0.05, 0.1) is 0 Å². The average molecular weight is 294 g/mol. The third-order valence-corrected chi connectivity index (χ3v) is 5.47. The topological polar surface area (TPSA) is 12.0 Å². The molecule has 1 aromatic rings. The van der Waals surface area contributed by atoms with E-state index in [1.165, 1.54) is 31.2 Å². The second-order valence-corrected chi connectivity index (χ2v) is 7.02. The molecule has 2 rings (SSSR count). The lowest BCUT2D eigenvalue weighted by molar-refractivity contribution is 0.191. The van der Waals surface area contributed by atoms with E-state index in [2.05, 4.69) is 38.3 Å². The van der Waals surface area contributed by atoms with Crippen LogP contribution in [0.1, 0.15) is 45.1 Å². The number of nitrogens with one attached hydrogen (secondary N) is 1. The minimum absolute atomic E-state index is 0.558. The first-order chi connectivity index (χ1) is 9.61. The van der Waals surface area contributed by atoms with Gasteiger partial charge >= 0.3 is 0 Å². The van der Waals surface area contributed by atoms with Gasteiger partial charge in [-0.25, -0.2) is 0 Å². The molecule has 1 nitrogen and oxygen atoms in total. The van der Waals surface area contributed by atoms with E-state index >= 15 is 0 Å². The summed E-state index contributed by atoms with van der Waals surface area (Å²) in [4.78, 5) is 0. The third kappa shape index (κ3) is 3.99. The van der Waals surface area contributed by atoms with Gasteiger partial charge in [-0.15, -0.1) is 0 Å². The van der Waals surface area contributed by atoms with Crippen LogP contribution in [0.4, 0.5) is 0 Å². The van der Waals surface area contributed by atoms with E-state index in [-0.39, 0.29) is 0 Å². The number of rotatable bonds is 5. The highest BCUT2D eigenvalue weighted by molar-refractivity contribution is 6.31. The molecule has 1 unspecified atom stereocenters. The molecule has 0 aliphatic heterocycles. The summed E-state index contributed by atoms with van der Waals surface area (Å²) in [7, 11) is 2.09. The van der Waals surface area contributed by atoms with Crippen molar-refractivity contribution in [1.82, 2.24) is 5.32 Å². The second-order valence-electron chi connectivity index (χ2n) is 6.61. The van der Waals surface area contributed by atoms with Crippen LogP contribution in [0.2, 0.25) is 5.02 Å². The van der Waals surface area contributed by atoms with Crippen LogP contribution in [0.3, 0.4) is 0 Å². The Morgan fingerprint density at radius 3 is 2.25 bits per heavy atom. The maximum Gasteiger partial charge on any atom is 0.0438 e. The molecule has 1 aliphatic carbocycles. The first kappa shape index (κ1) is 15.9. The molecule has 0 spiro atoms. The van der Waals surface area contributed by atoms with Crippen LogP contribution in [0.15, 0.2) is 24.3 Å². The Kier molecular flexibility index (Phi) is 5.92. The van der Waals surface area contributed by atoms with E-state index in [1.54, 1.807) is 0 Å². The summed E-state index contributed by atoms with van der Waals surface area (Å²) in [5, 5.41) is 4.44. The van der Waals surface area contributed by atoms with E-state index in [0.717, 1.165) is 29.2 Å². The fourth-order valence-electron chi connectivity index (χ4n) is 3.62. The highest BCUT2D eigenvalue weighted by Crippen LogP contribution is 2.35. The predicted molar refractivity (Wildman–Crippen MR) is 88.3 cm³/mol. The van der Waals surface area contributed by atoms with Gasteiger partial charge in [0.15, 0.2) is 0 Å². The first-order valence-electron chi connectivity index (χ1n) is 8.02. The van der Waals surface area contributed by atoms with E-state index < -0.39 is 0 Å².